The summed E-state index contributed by atoms with van der Waals surface area (Å²) in [7, 11) is 0. The summed E-state index contributed by atoms with van der Waals surface area (Å²) in [6, 6.07) is 0.383. The van der Waals surface area contributed by atoms with E-state index in [1.807, 2.05) is 0 Å². The summed E-state index contributed by atoms with van der Waals surface area (Å²) in [5.41, 5.74) is 6.29. The molecule has 2 aliphatic carbocycles. The Morgan fingerprint density at radius 1 is 1.33 bits per heavy atom. The van der Waals surface area contributed by atoms with Gasteiger partial charge < -0.3 is 11.1 Å². The normalized spacial score (nSPS) is 34.9. The van der Waals surface area contributed by atoms with Crippen LogP contribution in [0.25, 0.3) is 0 Å². The Labute approximate surface area is 130 Å². The molecule has 4 atom stereocenters. The average molecular weight is 294 g/mol. The second-order valence-corrected chi connectivity index (χ2v) is 8.12. The molecule has 0 aromatic heterocycles. The van der Waals surface area contributed by atoms with Gasteiger partial charge in [0, 0.05) is 12.5 Å². The van der Waals surface area contributed by atoms with Crippen molar-refractivity contribution in [2.75, 3.05) is 6.54 Å². The van der Waals surface area contributed by atoms with Gasteiger partial charge >= 0.3 is 0 Å². The van der Waals surface area contributed by atoms with E-state index >= 15 is 0 Å². The largest absolute Gasteiger partial charge is 0.353 e. The first-order valence-electron chi connectivity index (χ1n) is 8.84. The molecule has 2 bridgehead atoms. The Bertz CT molecular complexity index is 379. The molecule has 2 fully saturated rings. The summed E-state index contributed by atoms with van der Waals surface area (Å²) in [6.45, 7) is 10.1. The van der Waals surface area contributed by atoms with Crippen LogP contribution in [0.4, 0.5) is 0 Å². The third-order valence-electron chi connectivity index (χ3n) is 7.06. The summed E-state index contributed by atoms with van der Waals surface area (Å²) in [6.07, 6.45) is 7.59. The van der Waals surface area contributed by atoms with Gasteiger partial charge in [0.25, 0.3) is 0 Å². The maximum absolute atomic E-state index is 12.3. The van der Waals surface area contributed by atoms with Crippen molar-refractivity contribution in [3.63, 3.8) is 0 Å². The standard InChI is InChI=1S/C18H34N2O/c1-5-13(9-11-19)6-7-16(21)20-15-12-14-8-10-18(15,4)17(14,2)3/h13-15H,5-12,19H2,1-4H3,(H,20,21). The average Bonchev–Trinajstić information content (AvgIpc) is 2.76. The molecule has 0 spiro atoms. The van der Waals surface area contributed by atoms with Gasteiger partial charge in [-0.15, -0.1) is 0 Å². The lowest BCUT2D eigenvalue weighted by Crippen LogP contribution is -2.46. The van der Waals surface area contributed by atoms with Crippen LogP contribution in [0.5, 0.6) is 0 Å². The van der Waals surface area contributed by atoms with Crippen molar-refractivity contribution in [1.82, 2.24) is 5.32 Å². The lowest BCUT2D eigenvalue weighted by molar-refractivity contribution is -0.123. The van der Waals surface area contributed by atoms with Crippen molar-refractivity contribution in [3.05, 3.63) is 0 Å². The number of fused-ring (bicyclic) bond motifs is 2. The molecule has 0 aromatic rings. The molecule has 2 saturated carbocycles. The molecular weight excluding hydrogens is 260 g/mol. The molecule has 2 aliphatic rings. The zero-order chi connectivity index (χ0) is 15.7. The first kappa shape index (κ1) is 16.8. The number of carbonyl (C=O) groups excluding carboxylic acids is 1. The number of rotatable bonds is 7. The third-order valence-corrected chi connectivity index (χ3v) is 7.06. The van der Waals surface area contributed by atoms with E-state index in [2.05, 4.69) is 33.0 Å². The number of nitrogens with one attached hydrogen (secondary N) is 1. The Balaban J connectivity index is 1.84. The molecule has 0 heterocycles. The van der Waals surface area contributed by atoms with Gasteiger partial charge in [-0.05, 0) is 61.3 Å². The Hall–Kier alpha value is -0.570. The number of carbonyl (C=O) groups is 1. The highest BCUT2D eigenvalue weighted by atomic mass is 16.1. The van der Waals surface area contributed by atoms with E-state index in [0.717, 1.165) is 31.7 Å². The van der Waals surface area contributed by atoms with Crippen LogP contribution in [0.3, 0.4) is 0 Å². The molecule has 4 unspecified atom stereocenters. The van der Waals surface area contributed by atoms with Crippen molar-refractivity contribution in [1.29, 1.82) is 0 Å². The van der Waals surface area contributed by atoms with Gasteiger partial charge in [-0.25, -0.2) is 0 Å². The van der Waals surface area contributed by atoms with Gasteiger partial charge in [0.2, 0.25) is 5.91 Å². The predicted molar refractivity (Wildman–Crippen MR) is 87.8 cm³/mol. The van der Waals surface area contributed by atoms with Gasteiger partial charge in [0.05, 0.1) is 0 Å². The topological polar surface area (TPSA) is 55.1 Å². The van der Waals surface area contributed by atoms with Crippen molar-refractivity contribution in [2.45, 2.75) is 78.7 Å². The summed E-state index contributed by atoms with van der Waals surface area (Å²) in [5.74, 6) is 1.64. The van der Waals surface area contributed by atoms with Crippen LogP contribution in [0, 0.1) is 22.7 Å². The smallest absolute Gasteiger partial charge is 0.220 e. The van der Waals surface area contributed by atoms with Crippen LogP contribution in [0.15, 0.2) is 0 Å². The van der Waals surface area contributed by atoms with Gasteiger partial charge in [0.1, 0.15) is 0 Å². The summed E-state index contributed by atoms with van der Waals surface area (Å²) in [5, 5.41) is 3.36. The number of hydrogen-bond acceptors (Lipinski definition) is 2. The van der Waals surface area contributed by atoms with Crippen LogP contribution >= 0.6 is 0 Å². The van der Waals surface area contributed by atoms with Crippen molar-refractivity contribution >= 4 is 5.91 Å². The first-order chi connectivity index (χ1) is 9.85. The van der Waals surface area contributed by atoms with Gasteiger partial charge in [0.15, 0.2) is 0 Å². The Kier molecular flexibility index (Phi) is 5.02. The van der Waals surface area contributed by atoms with E-state index in [1.165, 1.54) is 19.3 Å². The van der Waals surface area contributed by atoms with Gasteiger partial charge in [-0.2, -0.15) is 0 Å². The van der Waals surface area contributed by atoms with Crippen LogP contribution in [-0.4, -0.2) is 18.5 Å². The maximum Gasteiger partial charge on any atom is 0.220 e. The zero-order valence-corrected chi connectivity index (χ0v) is 14.4. The van der Waals surface area contributed by atoms with Crippen molar-refractivity contribution in [3.8, 4) is 0 Å². The molecule has 2 rings (SSSR count). The van der Waals surface area contributed by atoms with Crippen molar-refractivity contribution in [2.24, 2.45) is 28.4 Å². The molecular formula is C18H34N2O. The third kappa shape index (κ3) is 2.99. The number of amides is 1. The van der Waals surface area contributed by atoms with E-state index in [4.69, 9.17) is 5.73 Å². The molecule has 0 saturated heterocycles. The fourth-order valence-corrected chi connectivity index (χ4v) is 4.81. The molecule has 0 radical (unpaired) electrons. The highest BCUT2D eigenvalue weighted by molar-refractivity contribution is 5.76. The van der Waals surface area contributed by atoms with Crippen LogP contribution < -0.4 is 11.1 Å². The minimum Gasteiger partial charge on any atom is -0.353 e. The van der Waals surface area contributed by atoms with E-state index in [9.17, 15) is 4.79 Å². The fraction of sp³-hybridized carbons (Fsp3) is 0.944. The van der Waals surface area contributed by atoms with Crippen LogP contribution in [0.2, 0.25) is 0 Å². The van der Waals surface area contributed by atoms with Crippen LogP contribution in [-0.2, 0) is 4.79 Å². The molecule has 0 aromatic carbocycles. The highest BCUT2D eigenvalue weighted by Gasteiger charge is 2.61. The number of hydrogen-bond donors (Lipinski definition) is 2. The predicted octanol–water partition coefficient (Wildman–Crippen LogP) is 3.47. The molecule has 0 aliphatic heterocycles. The SMILES string of the molecule is CCC(CCN)CCC(=O)NC1CC2CCC1(C)C2(C)C. The molecule has 1 amide bonds. The monoisotopic (exact) mass is 294 g/mol. The van der Waals surface area contributed by atoms with E-state index < -0.39 is 0 Å². The lowest BCUT2D eigenvalue weighted by Gasteiger charge is -2.39. The first-order valence-corrected chi connectivity index (χ1v) is 8.84. The highest BCUT2D eigenvalue weighted by Crippen LogP contribution is 2.65. The Morgan fingerprint density at radius 2 is 2.05 bits per heavy atom. The Morgan fingerprint density at radius 3 is 2.52 bits per heavy atom. The second-order valence-electron chi connectivity index (χ2n) is 8.12. The van der Waals surface area contributed by atoms with E-state index in [1.54, 1.807) is 0 Å². The second kappa shape index (κ2) is 6.28. The summed E-state index contributed by atoms with van der Waals surface area (Å²) >= 11 is 0. The summed E-state index contributed by atoms with van der Waals surface area (Å²) < 4.78 is 0. The molecule has 3 nitrogen and oxygen atoms in total. The van der Waals surface area contributed by atoms with E-state index in [0.29, 0.717) is 23.8 Å². The molecule has 122 valence electrons. The zero-order valence-electron chi connectivity index (χ0n) is 14.4. The maximum atomic E-state index is 12.3. The van der Waals surface area contributed by atoms with Gasteiger partial charge in [-0.3, -0.25) is 4.79 Å². The van der Waals surface area contributed by atoms with Crippen molar-refractivity contribution < 1.29 is 4.79 Å². The summed E-state index contributed by atoms with van der Waals surface area (Å²) in [4.78, 5) is 12.3. The molecule has 3 heteroatoms. The van der Waals surface area contributed by atoms with E-state index in [-0.39, 0.29) is 11.3 Å². The fourth-order valence-electron chi connectivity index (χ4n) is 4.81. The minimum atomic E-state index is 0.250. The number of nitrogens with two attached hydrogens (primary N) is 1. The minimum absolute atomic E-state index is 0.250. The molecule has 3 N–H and O–H groups in total. The van der Waals surface area contributed by atoms with Crippen LogP contribution in [0.1, 0.15) is 72.6 Å². The quantitative estimate of drug-likeness (QED) is 0.755. The van der Waals surface area contributed by atoms with Gasteiger partial charge in [-0.1, -0.05) is 34.1 Å². The molecule has 21 heavy (non-hydrogen) atoms. The lowest BCUT2D eigenvalue weighted by atomic mass is 9.69.